The van der Waals surface area contributed by atoms with Gasteiger partial charge in [-0.1, -0.05) is 0 Å². The molecule has 4 nitrogen and oxygen atoms in total. The van der Waals surface area contributed by atoms with Gasteiger partial charge in [-0.25, -0.2) is 4.79 Å². The van der Waals surface area contributed by atoms with Crippen LogP contribution in [0.5, 0.6) is 0 Å². The Kier molecular flexibility index (Phi) is 1.59. The Bertz CT molecular complexity index is 540. The van der Waals surface area contributed by atoms with Crippen molar-refractivity contribution in [2.24, 2.45) is 0 Å². The van der Waals surface area contributed by atoms with Crippen LogP contribution in [0.15, 0.2) is 22.9 Å². The van der Waals surface area contributed by atoms with Gasteiger partial charge in [0.15, 0.2) is 5.58 Å². The molecule has 15 heavy (non-hydrogen) atoms. The number of aromatic nitrogens is 1. The quantitative estimate of drug-likeness (QED) is 0.813. The third-order valence-electron chi connectivity index (χ3n) is 2.71. The van der Waals surface area contributed by atoms with Crippen molar-refractivity contribution in [3.63, 3.8) is 0 Å². The first-order valence-electron chi connectivity index (χ1n) is 4.86. The number of aromatic carboxylic acids is 1. The zero-order chi connectivity index (χ0) is 10.4. The van der Waals surface area contributed by atoms with Gasteiger partial charge in [0, 0.05) is 6.20 Å². The van der Waals surface area contributed by atoms with Crippen molar-refractivity contribution < 1.29 is 14.3 Å². The van der Waals surface area contributed by atoms with E-state index in [1.807, 2.05) is 6.07 Å². The van der Waals surface area contributed by atoms with Crippen LogP contribution in [0.25, 0.3) is 11.1 Å². The standard InChI is InChI=1S/C11H9NO3/c13-11(14)8-5-15-9-3-7(6-1-2-6)4-12-10(8)9/h3-6H,1-2H2,(H,13,14). The monoisotopic (exact) mass is 203 g/mol. The highest BCUT2D eigenvalue weighted by Gasteiger charge is 2.25. The van der Waals surface area contributed by atoms with Crippen LogP contribution in [0.4, 0.5) is 0 Å². The Labute approximate surface area is 85.5 Å². The van der Waals surface area contributed by atoms with Gasteiger partial charge in [0.1, 0.15) is 17.3 Å². The minimum absolute atomic E-state index is 0.132. The van der Waals surface area contributed by atoms with Gasteiger partial charge in [0.2, 0.25) is 0 Å². The number of fused-ring (bicyclic) bond motifs is 1. The number of carboxylic acid groups (broad SMARTS) is 1. The lowest BCUT2D eigenvalue weighted by atomic mass is 10.1. The maximum atomic E-state index is 10.8. The van der Waals surface area contributed by atoms with Crippen molar-refractivity contribution in [2.75, 3.05) is 0 Å². The van der Waals surface area contributed by atoms with Crippen LogP contribution in [0.2, 0.25) is 0 Å². The van der Waals surface area contributed by atoms with Crippen LogP contribution in [-0.4, -0.2) is 16.1 Å². The Hall–Kier alpha value is -1.84. The number of carboxylic acids is 1. The summed E-state index contributed by atoms with van der Waals surface area (Å²) < 4.78 is 5.19. The highest BCUT2D eigenvalue weighted by molar-refractivity contribution is 6.00. The summed E-state index contributed by atoms with van der Waals surface area (Å²) in [6.45, 7) is 0. The van der Waals surface area contributed by atoms with Crippen molar-refractivity contribution in [1.29, 1.82) is 0 Å². The maximum absolute atomic E-state index is 10.8. The number of hydrogen-bond acceptors (Lipinski definition) is 3. The molecule has 0 amide bonds. The van der Waals surface area contributed by atoms with E-state index < -0.39 is 5.97 Å². The Morgan fingerprint density at radius 3 is 3.00 bits per heavy atom. The Morgan fingerprint density at radius 1 is 1.53 bits per heavy atom. The fourth-order valence-electron chi connectivity index (χ4n) is 1.72. The summed E-state index contributed by atoms with van der Waals surface area (Å²) in [5.74, 6) is -0.402. The molecular weight excluding hydrogens is 194 g/mol. The SMILES string of the molecule is O=C(O)c1coc2cc(C3CC3)cnc12. The van der Waals surface area contributed by atoms with Crippen molar-refractivity contribution in [2.45, 2.75) is 18.8 Å². The van der Waals surface area contributed by atoms with Gasteiger partial charge in [0.25, 0.3) is 0 Å². The number of pyridine rings is 1. The molecule has 1 fully saturated rings. The number of furan rings is 1. The van der Waals surface area contributed by atoms with Crippen LogP contribution >= 0.6 is 0 Å². The molecular formula is C11H9NO3. The summed E-state index contributed by atoms with van der Waals surface area (Å²) >= 11 is 0. The lowest BCUT2D eigenvalue weighted by Gasteiger charge is -1.96. The van der Waals surface area contributed by atoms with E-state index >= 15 is 0 Å². The topological polar surface area (TPSA) is 63.3 Å². The second kappa shape index (κ2) is 2.82. The third kappa shape index (κ3) is 1.29. The predicted molar refractivity (Wildman–Crippen MR) is 52.9 cm³/mol. The largest absolute Gasteiger partial charge is 0.477 e. The first kappa shape index (κ1) is 8.47. The van der Waals surface area contributed by atoms with E-state index in [-0.39, 0.29) is 5.56 Å². The average molecular weight is 203 g/mol. The number of rotatable bonds is 2. The van der Waals surface area contributed by atoms with Gasteiger partial charge in [-0.15, -0.1) is 0 Å². The molecule has 2 aromatic heterocycles. The number of carbonyl (C=O) groups is 1. The van der Waals surface area contributed by atoms with Gasteiger partial charge in [0.05, 0.1) is 0 Å². The highest BCUT2D eigenvalue weighted by Crippen LogP contribution is 2.40. The smallest absolute Gasteiger partial charge is 0.341 e. The van der Waals surface area contributed by atoms with E-state index in [9.17, 15) is 4.79 Å². The number of hydrogen-bond donors (Lipinski definition) is 1. The highest BCUT2D eigenvalue weighted by atomic mass is 16.4. The molecule has 76 valence electrons. The molecule has 1 saturated carbocycles. The van der Waals surface area contributed by atoms with E-state index in [0.717, 1.165) is 5.56 Å². The summed E-state index contributed by atoms with van der Waals surface area (Å²) in [7, 11) is 0. The zero-order valence-electron chi connectivity index (χ0n) is 7.93. The van der Waals surface area contributed by atoms with Gasteiger partial charge < -0.3 is 9.52 Å². The molecule has 2 aromatic rings. The molecule has 1 N–H and O–H groups in total. The van der Waals surface area contributed by atoms with Crippen molar-refractivity contribution in [1.82, 2.24) is 4.98 Å². The summed E-state index contributed by atoms with van der Waals surface area (Å²) in [6.07, 6.45) is 5.39. The molecule has 0 bridgehead atoms. The van der Waals surface area contributed by atoms with Crippen LogP contribution < -0.4 is 0 Å². The van der Waals surface area contributed by atoms with Crippen LogP contribution in [0.3, 0.4) is 0 Å². The fraction of sp³-hybridized carbons (Fsp3) is 0.273. The average Bonchev–Trinajstić information content (AvgIpc) is 2.97. The molecule has 2 heterocycles. The van der Waals surface area contributed by atoms with Crippen LogP contribution in [0, 0.1) is 0 Å². The molecule has 0 aliphatic heterocycles. The van der Waals surface area contributed by atoms with Crippen LogP contribution in [-0.2, 0) is 0 Å². The van der Waals surface area contributed by atoms with E-state index in [4.69, 9.17) is 9.52 Å². The van der Waals surface area contributed by atoms with E-state index in [1.54, 1.807) is 6.20 Å². The lowest BCUT2D eigenvalue weighted by Crippen LogP contribution is -1.95. The first-order valence-corrected chi connectivity index (χ1v) is 4.86. The molecule has 0 spiro atoms. The molecule has 0 atom stereocenters. The van der Waals surface area contributed by atoms with Gasteiger partial charge >= 0.3 is 5.97 Å². The molecule has 4 heteroatoms. The van der Waals surface area contributed by atoms with E-state index in [0.29, 0.717) is 17.0 Å². The zero-order valence-corrected chi connectivity index (χ0v) is 7.93. The van der Waals surface area contributed by atoms with Crippen molar-refractivity contribution in [3.05, 3.63) is 29.7 Å². The third-order valence-corrected chi connectivity index (χ3v) is 2.71. The maximum Gasteiger partial charge on any atom is 0.341 e. The molecule has 1 aliphatic carbocycles. The molecule has 3 rings (SSSR count). The second-order valence-corrected chi connectivity index (χ2v) is 3.84. The Morgan fingerprint density at radius 2 is 2.33 bits per heavy atom. The summed E-state index contributed by atoms with van der Waals surface area (Å²) in [5.41, 5.74) is 2.28. The van der Waals surface area contributed by atoms with Gasteiger partial charge in [-0.2, -0.15) is 0 Å². The predicted octanol–water partition coefficient (Wildman–Crippen LogP) is 2.40. The van der Waals surface area contributed by atoms with E-state index in [2.05, 4.69) is 4.98 Å². The summed E-state index contributed by atoms with van der Waals surface area (Å²) in [4.78, 5) is 15.0. The fourth-order valence-corrected chi connectivity index (χ4v) is 1.72. The number of nitrogens with zero attached hydrogens (tertiary/aromatic N) is 1. The van der Waals surface area contributed by atoms with Crippen molar-refractivity contribution >= 4 is 17.1 Å². The molecule has 0 radical (unpaired) electrons. The second-order valence-electron chi connectivity index (χ2n) is 3.84. The Balaban J connectivity index is 2.17. The van der Waals surface area contributed by atoms with E-state index in [1.165, 1.54) is 19.1 Å². The molecule has 0 saturated heterocycles. The first-order chi connectivity index (χ1) is 7.25. The summed E-state index contributed by atoms with van der Waals surface area (Å²) in [5, 5.41) is 8.86. The molecule has 0 aromatic carbocycles. The van der Waals surface area contributed by atoms with Crippen molar-refractivity contribution in [3.8, 4) is 0 Å². The van der Waals surface area contributed by atoms with Crippen LogP contribution in [0.1, 0.15) is 34.7 Å². The minimum Gasteiger partial charge on any atom is -0.477 e. The van der Waals surface area contributed by atoms with Gasteiger partial charge in [-0.3, -0.25) is 4.98 Å². The van der Waals surface area contributed by atoms with Gasteiger partial charge in [-0.05, 0) is 30.4 Å². The molecule has 0 unspecified atom stereocenters. The minimum atomic E-state index is -1.000. The summed E-state index contributed by atoms with van der Waals surface area (Å²) in [6, 6.07) is 1.90. The normalized spacial score (nSPS) is 15.7. The lowest BCUT2D eigenvalue weighted by molar-refractivity contribution is 0.0698. The molecule has 1 aliphatic rings.